The molecule has 9 heteroatoms. The van der Waals surface area contributed by atoms with E-state index in [1.807, 2.05) is 50.2 Å². The summed E-state index contributed by atoms with van der Waals surface area (Å²) < 4.78 is 34.7. The van der Waals surface area contributed by atoms with E-state index < -0.39 is 5.97 Å². The Balaban J connectivity index is 1.24. The molecule has 0 spiro atoms. The van der Waals surface area contributed by atoms with Gasteiger partial charge in [-0.05, 0) is 79.5 Å². The minimum Gasteiger partial charge on any atom is -0.488 e. The van der Waals surface area contributed by atoms with Crippen LogP contribution in [0.3, 0.4) is 0 Å². The molecule has 1 N–H and O–H groups in total. The molecular formula is C35H38FN3O5. The summed E-state index contributed by atoms with van der Waals surface area (Å²) in [5, 5.41) is 13.9. The maximum absolute atomic E-state index is 15.4. The molecule has 0 unspecified atom stereocenters. The number of para-hydroxylation sites is 1. The van der Waals surface area contributed by atoms with Crippen molar-refractivity contribution < 1.29 is 28.5 Å². The number of aryl methyl sites for hydroxylation is 1. The van der Waals surface area contributed by atoms with Gasteiger partial charge >= 0.3 is 5.97 Å². The first-order chi connectivity index (χ1) is 21.3. The molecule has 3 aromatic carbocycles. The lowest BCUT2D eigenvalue weighted by Crippen LogP contribution is -2.39. The Bertz CT molecular complexity index is 1680. The van der Waals surface area contributed by atoms with Gasteiger partial charge < -0.3 is 19.3 Å². The number of nitrogens with zero attached hydrogens (tertiary/aromatic N) is 3. The number of carbonyl (C=O) groups is 1. The van der Waals surface area contributed by atoms with Crippen molar-refractivity contribution in [2.45, 2.75) is 58.8 Å². The maximum atomic E-state index is 15.4. The van der Waals surface area contributed by atoms with Crippen molar-refractivity contribution >= 4 is 5.97 Å². The molecule has 4 aromatic rings. The van der Waals surface area contributed by atoms with Gasteiger partial charge in [-0.1, -0.05) is 36.4 Å². The summed E-state index contributed by atoms with van der Waals surface area (Å²) in [4.78, 5) is 14.0. The first-order valence-electron chi connectivity index (χ1n) is 15.2. The average Bonchev–Trinajstić information content (AvgIpc) is 3.46. The predicted molar refractivity (Wildman–Crippen MR) is 165 cm³/mol. The smallest absolute Gasteiger partial charge is 0.342 e. The van der Waals surface area contributed by atoms with Crippen LogP contribution in [0.15, 0.2) is 54.7 Å². The summed E-state index contributed by atoms with van der Waals surface area (Å²) in [6, 6.07) is 15.4. The van der Waals surface area contributed by atoms with E-state index in [-0.39, 0.29) is 30.0 Å². The highest BCUT2D eigenvalue weighted by molar-refractivity contribution is 5.90. The second-order valence-electron chi connectivity index (χ2n) is 11.7. The van der Waals surface area contributed by atoms with Crippen LogP contribution in [0.5, 0.6) is 11.6 Å². The summed E-state index contributed by atoms with van der Waals surface area (Å²) in [6.45, 7) is 7.36. The molecule has 230 valence electrons. The maximum Gasteiger partial charge on any atom is 0.342 e. The van der Waals surface area contributed by atoms with E-state index in [0.717, 1.165) is 77.9 Å². The highest BCUT2D eigenvalue weighted by atomic mass is 19.1. The van der Waals surface area contributed by atoms with E-state index in [1.54, 1.807) is 6.07 Å². The fraction of sp³-hybridized carbons (Fsp3) is 0.371. The van der Waals surface area contributed by atoms with Crippen molar-refractivity contribution in [2.24, 2.45) is 0 Å². The first kappa shape index (κ1) is 29.8. The lowest BCUT2D eigenvalue weighted by Gasteiger charge is -2.33. The van der Waals surface area contributed by atoms with Crippen LogP contribution in [0, 0.1) is 19.7 Å². The third-order valence-corrected chi connectivity index (χ3v) is 8.73. The van der Waals surface area contributed by atoms with Crippen LogP contribution in [0.4, 0.5) is 4.39 Å². The summed E-state index contributed by atoms with van der Waals surface area (Å²) in [6.07, 6.45) is 5.75. The number of benzene rings is 3. The molecule has 1 aromatic heterocycles. The molecule has 0 aliphatic carbocycles. The van der Waals surface area contributed by atoms with Crippen LogP contribution in [0.2, 0.25) is 0 Å². The molecule has 3 heterocycles. The van der Waals surface area contributed by atoms with E-state index in [2.05, 4.69) is 16.1 Å². The standard InChI is InChI=1S/C35H38FN3O5/c1-22-8-6-11-28(27-10-7-12-32(23(27)2)39-34(42-3)29(18-37-39)35(40)41)33(22)44-21-24-16-25-13-14-38(20-30(25)31(36)17-24)19-26-9-4-5-15-43-26/h6-8,10-12,16-18,26H,4-5,9,13-15,19-21H2,1-3H3,(H,40,41)/t26-/m1/s1. The van der Waals surface area contributed by atoms with Crippen molar-refractivity contribution in [1.29, 1.82) is 0 Å². The SMILES string of the molecule is COc1c(C(=O)O)cnn1-c1cccc(-c2cccc(C)c2OCc2cc(F)c3c(c2)CCN(C[C@H]2CCCCO2)C3)c1C. The quantitative estimate of drug-likeness (QED) is 0.235. The van der Waals surface area contributed by atoms with E-state index >= 15 is 4.39 Å². The normalized spacial score (nSPS) is 16.9. The Kier molecular flexibility index (Phi) is 8.68. The van der Waals surface area contributed by atoms with Gasteiger partial charge in [0.05, 0.1) is 25.1 Å². The monoisotopic (exact) mass is 599 g/mol. The number of aromatic carboxylic acids is 1. The minimum atomic E-state index is -1.11. The molecule has 0 bridgehead atoms. The number of hydrogen-bond acceptors (Lipinski definition) is 6. The van der Waals surface area contributed by atoms with Gasteiger partial charge in [-0.25, -0.2) is 13.9 Å². The first-order valence-corrected chi connectivity index (χ1v) is 15.2. The van der Waals surface area contributed by atoms with Gasteiger partial charge in [-0.15, -0.1) is 0 Å². The van der Waals surface area contributed by atoms with Crippen LogP contribution in [-0.4, -0.2) is 58.7 Å². The van der Waals surface area contributed by atoms with E-state index in [9.17, 15) is 9.90 Å². The van der Waals surface area contributed by atoms with Gasteiger partial charge in [0.1, 0.15) is 23.7 Å². The summed E-state index contributed by atoms with van der Waals surface area (Å²) >= 11 is 0. The molecule has 8 nitrogen and oxygen atoms in total. The summed E-state index contributed by atoms with van der Waals surface area (Å²) in [5.74, 6) is -0.430. The number of fused-ring (bicyclic) bond motifs is 1. The minimum absolute atomic E-state index is 0.0138. The van der Waals surface area contributed by atoms with Gasteiger partial charge in [-0.3, -0.25) is 4.90 Å². The van der Waals surface area contributed by atoms with E-state index in [4.69, 9.17) is 14.2 Å². The van der Waals surface area contributed by atoms with Crippen molar-refractivity contribution in [1.82, 2.24) is 14.7 Å². The zero-order chi connectivity index (χ0) is 30.8. The highest BCUT2D eigenvalue weighted by Gasteiger charge is 2.25. The van der Waals surface area contributed by atoms with Gasteiger partial charge in [0.25, 0.3) is 0 Å². The molecule has 1 atom stereocenters. The van der Waals surface area contributed by atoms with Crippen LogP contribution < -0.4 is 9.47 Å². The third kappa shape index (κ3) is 5.94. The summed E-state index contributed by atoms with van der Waals surface area (Å²) in [7, 11) is 1.43. The van der Waals surface area contributed by atoms with Crippen LogP contribution in [-0.2, 0) is 24.3 Å². The number of carboxylic acids is 1. The average molecular weight is 600 g/mol. The lowest BCUT2D eigenvalue weighted by molar-refractivity contribution is -0.00822. The molecule has 0 amide bonds. The molecule has 1 saturated heterocycles. The third-order valence-electron chi connectivity index (χ3n) is 8.73. The zero-order valence-corrected chi connectivity index (χ0v) is 25.4. The zero-order valence-electron chi connectivity index (χ0n) is 25.4. The fourth-order valence-corrected chi connectivity index (χ4v) is 6.42. The van der Waals surface area contributed by atoms with Crippen molar-refractivity contribution in [3.05, 3.63) is 93.9 Å². The molecule has 1 fully saturated rings. The Hall–Kier alpha value is -4.21. The molecule has 6 rings (SSSR count). The van der Waals surface area contributed by atoms with Crippen LogP contribution in [0.25, 0.3) is 16.8 Å². The Morgan fingerprint density at radius 2 is 1.95 bits per heavy atom. The van der Waals surface area contributed by atoms with Gasteiger partial charge in [0.2, 0.25) is 5.88 Å². The molecule has 44 heavy (non-hydrogen) atoms. The van der Waals surface area contributed by atoms with Crippen LogP contribution in [0.1, 0.15) is 57.4 Å². The van der Waals surface area contributed by atoms with Gasteiger partial charge in [0.15, 0.2) is 0 Å². The topological polar surface area (TPSA) is 86.0 Å². The van der Waals surface area contributed by atoms with Crippen molar-refractivity contribution in [3.63, 3.8) is 0 Å². The van der Waals surface area contributed by atoms with Gasteiger partial charge in [0, 0.05) is 37.4 Å². The molecule has 0 radical (unpaired) electrons. The summed E-state index contributed by atoms with van der Waals surface area (Å²) in [5.41, 5.74) is 6.93. The number of ether oxygens (including phenoxy) is 3. The number of methoxy groups -OCH3 is 1. The Morgan fingerprint density at radius 1 is 1.14 bits per heavy atom. The lowest BCUT2D eigenvalue weighted by atomic mass is 9.95. The molecular weight excluding hydrogens is 561 g/mol. The number of hydrogen-bond donors (Lipinski definition) is 1. The predicted octanol–water partition coefficient (Wildman–Crippen LogP) is 6.51. The van der Waals surface area contributed by atoms with Crippen molar-refractivity contribution in [3.8, 4) is 28.4 Å². The highest BCUT2D eigenvalue weighted by Crippen LogP contribution is 2.38. The molecule has 0 saturated carbocycles. The van der Waals surface area contributed by atoms with Crippen LogP contribution >= 0.6 is 0 Å². The van der Waals surface area contributed by atoms with E-state index in [1.165, 1.54) is 24.4 Å². The Morgan fingerprint density at radius 3 is 2.73 bits per heavy atom. The number of halogens is 1. The number of rotatable bonds is 9. The fourth-order valence-electron chi connectivity index (χ4n) is 6.42. The largest absolute Gasteiger partial charge is 0.488 e. The second kappa shape index (κ2) is 12.8. The number of aromatic nitrogens is 2. The Labute approximate surface area is 257 Å². The number of carboxylic acid groups (broad SMARTS) is 1. The molecule has 2 aliphatic rings. The van der Waals surface area contributed by atoms with Crippen molar-refractivity contribution in [2.75, 3.05) is 26.8 Å². The molecule has 2 aliphatic heterocycles. The second-order valence-corrected chi connectivity index (χ2v) is 11.7. The van der Waals surface area contributed by atoms with Gasteiger partial charge in [-0.2, -0.15) is 5.10 Å². The van der Waals surface area contributed by atoms with E-state index in [0.29, 0.717) is 18.0 Å².